The summed E-state index contributed by atoms with van der Waals surface area (Å²) in [4.78, 5) is 55.2. The van der Waals surface area contributed by atoms with Crippen LogP contribution in [-0.4, -0.2) is 86.4 Å². The second kappa shape index (κ2) is 16.4. The van der Waals surface area contributed by atoms with Gasteiger partial charge in [0.2, 0.25) is 11.8 Å². The van der Waals surface area contributed by atoms with Crippen molar-refractivity contribution in [3.05, 3.63) is 82.4 Å². The molecule has 1 fully saturated rings. The number of hydrogen-bond acceptors (Lipinski definition) is 8. The third-order valence-corrected chi connectivity index (χ3v) is 8.95. The fourth-order valence-electron chi connectivity index (χ4n) is 6.09. The van der Waals surface area contributed by atoms with Crippen molar-refractivity contribution >= 4 is 40.7 Å². The first-order valence-corrected chi connectivity index (χ1v) is 16.7. The normalized spacial score (nSPS) is 15.7. The Morgan fingerprint density at radius 1 is 0.918 bits per heavy atom. The lowest BCUT2D eigenvalue weighted by Crippen LogP contribution is -2.47. The van der Waals surface area contributed by atoms with Crippen LogP contribution >= 0.6 is 0 Å². The van der Waals surface area contributed by atoms with Crippen LogP contribution in [0.1, 0.15) is 63.1 Å². The van der Waals surface area contributed by atoms with E-state index in [2.05, 4.69) is 27.9 Å². The molecular formula is C37H46N6O6. The van der Waals surface area contributed by atoms with Crippen LogP contribution in [0.5, 0.6) is 5.75 Å². The molecule has 2 heterocycles. The molecule has 0 aliphatic carbocycles. The van der Waals surface area contributed by atoms with Gasteiger partial charge in [0.1, 0.15) is 11.8 Å². The molecule has 0 radical (unpaired) electrons. The zero-order chi connectivity index (χ0) is 34.9. The number of anilines is 3. The Bertz CT molecular complexity index is 1690. The molecule has 1 saturated heterocycles. The number of unbranched alkanes of at least 4 members (excludes halogenated alkanes) is 2. The fourth-order valence-corrected chi connectivity index (χ4v) is 6.09. The molecule has 3 aromatic rings. The second-order valence-corrected chi connectivity index (χ2v) is 12.7. The number of aryl methyl sites for hydroxylation is 1. The molecule has 260 valence electrons. The SMILES string of the molecule is COCc1cc(C(=O)Nc2ccc(C)cc2OCCCCCC(=O)N2CCN(C)CC2)ccc1NC(=O)c1cccc2c1CC(C(N)=O)N2. The quantitative estimate of drug-likeness (QED) is 0.186. The summed E-state index contributed by atoms with van der Waals surface area (Å²) in [7, 11) is 3.62. The highest BCUT2D eigenvalue weighted by atomic mass is 16.5. The average molecular weight is 671 g/mol. The molecule has 3 aromatic carbocycles. The van der Waals surface area contributed by atoms with Gasteiger partial charge in [-0.25, -0.2) is 0 Å². The van der Waals surface area contributed by atoms with Gasteiger partial charge in [-0.2, -0.15) is 0 Å². The van der Waals surface area contributed by atoms with E-state index in [1.807, 2.05) is 36.1 Å². The van der Waals surface area contributed by atoms with E-state index in [-0.39, 0.29) is 24.3 Å². The van der Waals surface area contributed by atoms with E-state index in [0.29, 0.717) is 59.0 Å². The van der Waals surface area contributed by atoms with E-state index >= 15 is 0 Å². The van der Waals surface area contributed by atoms with Crippen molar-refractivity contribution in [3.8, 4) is 5.75 Å². The number of carbonyl (C=O) groups excluding carboxylic acids is 4. The standard InChI is InChI=1S/C37H46N6O6/c1-24-11-13-31(33(20-24)49-19-6-4-5-10-34(44)43-17-15-42(2)16-18-43)41-36(46)25-12-14-29(26(21-25)23-48-3)40-37(47)27-8-7-9-30-28(27)22-32(39-30)35(38)45/h7-9,11-14,20-21,32,39H,4-6,10,15-19,22-23H2,1-3H3,(H2,38,45)(H,40,47)(H,41,46). The minimum Gasteiger partial charge on any atom is -0.491 e. The topological polar surface area (TPSA) is 155 Å². The van der Waals surface area contributed by atoms with Crippen molar-refractivity contribution in [3.63, 3.8) is 0 Å². The molecule has 2 aliphatic heterocycles. The molecule has 5 N–H and O–H groups in total. The number of methoxy groups -OCH3 is 1. The van der Waals surface area contributed by atoms with Gasteiger partial charge < -0.3 is 41.0 Å². The summed E-state index contributed by atoms with van der Waals surface area (Å²) < 4.78 is 11.5. The first kappa shape index (κ1) is 35.4. The number of ether oxygens (including phenoxy) is 2. The number of piperazine rings is 1. The molecule has 4 amide bonds. The summed E-state index contributed by atoms with van der Waals surface area (Å²) in [6.45, 7) is 6.02. The average Bonchev–Trinajstić information content (AvgIpc) is 3.54. The maximum Gasteiger partial charge on any atom is 0.256 e. The molecule has 2 aliphatic rings. The van der Waals surface area contributed by atoms with Crippen LogP contribution in [-0.2, 0) is 27.4 Å². The van der Waals surface area contributed by atoms with E-state index < -0.39 is 11.9 Å². The smallest absolute Gasteiger partial charge is 0.256 e. The molecule has 1 atom stereocenters. The zero-order valence-corrected chi connectivity index (χ0v) is 28.5. The van der Waals surface area contributed by atoms with Gasteiger partial charge in [-0.1, -0.05) is 12.1 Å². The lowest BCUT2D eigenvalue weighted by atomic mass is 10.0. The Morgan fingerprint density at radius 3 is 2.43 bits per heavy atom. The molecular weight excluding hydrogens is 624 g/mol. The number of rotatable bonds is 14. The van der Waals surface area contributed by atoms with E-state index in [9.17, 15) is 19.2 Å². The van der Waals surface area contributed by atoms with Gasteiger partial charge in [0.15, 0.2) is 0 Å². The lowest BCUT2D eigenvalue weighted by Gasteiger charge is -2.32. The predicted octanol–water partition coefficient (Wildman–Crippen LogP) is 4.18. The highest BCUT2D eigenvalue weighted by molar-refractivity contribution is 6.08. The number of nitrogens with zero attached hydrogens (tertiary/aromatic N) is 2. The van der Waals surface area contributed by atoms with Crippen molar-refractivity contribution in [2.24, 2.45) is 5.73 Å². The summed E-state index contributed by atoms with van der Waals surface area (Å²) in [5.74, 6) is -0.369. The molecule has 12 heteroatoms. The molecule has 49 heavy (non-hydrogen) atoms. The summed E-state index contributed by atoms with van der Waals surface area (Å²) in [5, 5.41) is 8.97. The number of benzene rings is 3. The lowest BCUT2D eigenvalue weighted by molar-refractivity contribution is -0.132. The van der Waals surface area contributed by atoms with Crippen LogP contribution in [0.25, 0.3) is 0 Å². The Morgan fingerprint density at radius 2 is 1.67 bits per heavy atom. The van der Waals surface area contributed by atoms with E-state index in [1.54, 1.807) is 37.4 Å². The summed E-state index contributed by atoms with van der Waals surface area (Å²) in [6.07, 6.45) is 3.34. The van der Waals surface area contributed by atoms with Gasteiger partial charge >= 0.3 is 0 Å². The van der Waals surface area contributed by atoms with Gasteiger partial charge in [-0.15, -0.1) is 0 Å². The largest absolute Gasteiger partial charge is 0.491 e. The minimum atomic E-state index is -0.570. The molecule has 12 nitrogen and oxygen atoms in total. The Balaban J connectivity index is 1.17. The number of amides is 4. The number of primary amides is 1. The maximum absolute atomic E-state index is 13.4. The predicted molar refractivity (Wildman–Crippen MR) is 189 cm³/mol. The van der Waals surface area contributed by atoms with Crippen LogP contribution < -0.4 is 26.4 Å². The fraction of sp³-hybridized carbons (Fsp3) is 0.405. The van der Waals surface area contributed by atoms with E-state index in [0.717, 1.165) is 56.6 Å². The van der Waals surface area contributed by atoms with Crippen molar-refractivity contribution in [2.45, 2.75) is 51.7 Å². The Hall–Kier alpha value is -4.94. The van der Waals surface area contributed by atoms with E-state index in [1.165, 1.54) is 0 Å². The number of hydrogen-bond donors (Lipinski definition) is 4. The van der Waals surface area contributed by atoms with Gasteiger partial charge in [-0.05, 0) is 86.8 Å². The summed E-state index contributed by atoms with van der Waals surface area (Å²) in [6, 6.07) is 15.3. The molecule has 0 spiro atoms. The van der Waals surface area contributed by atoms with Gasteiger partial charge in [0, 0.05) is 74.2 Å². The van der Waals surface area contributed by atoms with Crippen LogP contribution in [0.4, 0.5) is 17.1 Å². The van der Waals surface area contributed by atoms with Gasteiger partial charge in [0.25, 0.3) is 11.8 Å². The Labute approximate surface area is 287 Å². The highest BCUT2D eigenvalue weighted by Crippen LogP contribution is 2.31. The minimum absolute atomic E-state index is 0.162. The van der Waals surface area contributed by atoms with Crippen LogP contribution in [0, 0.1) is 6.92 Å². The van der Waals surface area contributed by atoms with Crippen molar-refractivity contribution in [2.75, 3.05) is 62.9 Å². The summed E-state index contributed by atoms with van der Waals surface area (Å²) >= 11 is 0. The maximum atomic E-state index is 13.4. The molecule has 0 bridgehead atoms. The van der Waals surface area contributed by atoms with Gasteiger partial charge in [-0.3, -0.25) is 19.2 Å². The highest BCUT2D eigenvalue weighted by Gasteiger charge is 2.29. The molecule has 1 unspecified atom stereocenters. The van der Waals surface area contributed by atoms with Crippen LogP contribution in [0.3, 0.4) is 0 Å². The molecule has 0 saturated carbocycles. The molecule has 5 rings (SSSR count). The number of nitrogens with one attached hydrogen (secondary N) is 3. The summed E-state index contributed by atoms with van der Waals surface area (Å²) in [5.41, 5.74) is 10.4. The van der Waals surface area contributed by atoms with Crippen LogP contribution in [0.15, 0.2) is 54.6 Å². The third-order valence-electron chi connectivity index (χ3n) is 8.95. The number of carbonyl (C=O) groups is 4. The van der Waals surface area contributed by atoms with Crippen molar-refractivity contribution in [1.82, 2.24) is 9.80 Å². The monoisotopic (exact) mass is 670 g/mol. The number of nitrogens with two attached hydrogens (primary N) is 1. The second-order valence-electron chi connectivity index (χ2n) is 12.7. The first-order chi connectivity index (χ1) is 23.6. The zero-order valence-electron chi connectivity index (χ0n) is 28.5. The van der Waals surface area contributed by atoms with Crippen LogP contribution in [0.2, 0.25) is 0 Å². The molecule has 0 aromatic heterocycles. The van der Waals surface area contributed by atoms with E-state index in [4.69, 9.17) is 15.2 Å². The van der Waals surface area contributed by atoms with Crippen molar-refractivity contribution in [1.29, 1.82) is 0 Å². The number of fused-ring (bicyclic) bond motifs is 1. The Kier molecular flexibility index (Phi) is 11.9. The third kappa shape index (κ3) is 9.15. The first-order valence-electron chi connectivity index (χ1n) is 16.7. The number of likely N-dealkylation sites (N-methyl/N-ethyl adjacent to an activating group) is 1. The van der Waals surface area contributed by atoms with Crippen molar-refractivity contribution < 1.29 is 28.7 Å². The van der Waals surface area contributed by atoms with Gasteiger partial charge in [0.05, 0.1) is 18.9 Å².